The number of halogens is 3. The van der Waals surface area contributed by atoms with Crippen LogP contribution in [0.25, 0.3) is 11.5 Å². The highest BCUT2D eigenvalue weighted by Gasteiger charge is 2.50. The maximum atomic E-state index is 15.5. The van der Waals surface area contributed by atoms with E-state index in [1.807, 2.05) is 43.3 Å². The predicted molar refractivity (Wildman–Crippen MR) is 140 cm³/mol. The van der Waals surface area contributed by atoms with Crippen molar-refractivity contribution >= 4 is 11.6 Å². The van der Waals surface area contributed by atoms with Crippen LogP contribution < -0.4 is 5.76 Å². The van der Waals surface area contributed by atoms with Gasteiger partial charge < -0.3 is 4.42 Å². The van der Waals surface area contributed by atoms with E-state index in [2.05, 4.69) is 15.1 Å². The number of aromatic nitrogens is 2. The minimum Gasteiger partial charge on any atom is -0.388 e. The minimum absolute atomic E-state index is 0.0953. The predicted octanol–water partition coefficient (Wildman–Crippen LogP) is 6.18. The van der Waals surface area contributed by atoms with Crippen molar-refractivity contribution in [3.05, 3.63) is 110 Å². The molecular weight excluding hydrogens is 510 g/mol. The first-order chi connectivity index (χ1) is 18.4. The van der Waals surface area contributed by atoms with Gasteiger partial charge in [-0.1, -0.05) is 54.9 Å². The van der Waals surface area contributed by atoms with Crippen molar-refractivity contribution in [3.63, 3.8) is 0 Å². The minimum atomic E-state index is -1.15. The number of nitrogens with one attached hydrogen (secondary N) is 1. The van der Waals surface area contributed by atoms with Gasteiger partial charge in [-0.25, -0.2) is 14.3 Å². The third-order valence-electron chi connectivity index (χ3n) is 7.63. The van der Waals surface area contributed by atoms with Crippen LogP contribution in [0.2, 0.25) is 5.02 Å². The molecule has 4 aromatic rings. The van der Waals surface area contributed by atoms with E-state index in [4.69, 9.17) is 16.0 Å². The molecule has 1 fully saturated rings. The smallest absolute Gasteiger partial charge is 0.388 e. The van der Waals surface area contributed by atoms with E-state index >= 15 is 8.78 Å². The normalized spacial score (nSPS) is 17.8. The standard InChI is InChI=1S/C29H25ClF2N4O2/c1-2-29(17-31,23-8-4-7-21(16-33)25(23)32)24-13-14-36(24)26(18-9-11-22(30)12-10-18)19-5-3-6-20(15-19)27-34-35-28(37)38-27/h3-12,15,24,26H,2,13-14,17H2,1H3,(H,35,37)/t24?,26-,29-/m0/s1. The SMILES string of the molecule is CC[C@](CF)(c1cccc(C#N)c1F)C1CCN1[C@@H](c1ccc(Cl)cc1)c1cccc(-c2n[nH]c(=O)o2)c1. The van der Waals surface area contributed by atoms with Crippen LogP contribution in [-0.2, 0) is 5.41 Å². The molecular formula is C29H25ClF2N4O2. The van der Waals surface area contributed by atoms with Crippen LogP contribution in [0.1, 0.15) is 48.1 Å². The van der Waals surface area contributed by atoms with E-state index in [9.17, 15) is 10.1 Å². The fraction of sp³-hybridized carbons (Fsp3) is 0.276. The van der Waals surface area contributed by atoms with Gasteiger partial charge in [-0.2, -0.15) is 5.26 Å². The summed E-state index contributed by atoms with van der Waals surface area (Å²) in [5, 5.41) is 16.2. The highest BCUT2D eigenvalue weighted by molar-refractivity contribution is 6.30. The van der Waals surface area contributed by atoms with E-state index in [1.54, 1.807) is 30.3 Å². The number of nitriles is 1. The molecule has 1 aromatic heterocycles. The van der Waals surface area contributed by atoms with Crippen LogP contribution >= 0.6 is 11.6 Å². The Bertz CT molecular complexity index is 1540. The van der Waals surface area contributed by atoms with Crippen molar-refractivity contribution in [2.24, 2.45) is 0 Å². The number of alkyl halides is 1. The summed E-state index contributed by atoms with van der Waals surface area (Å²) in [5.74, 6) is -1.16. The Labute approximate surface area is 223 Å². The maximum Gasteiger partial charge on any atom is 0.434 e. The third kappa shape index (κ3) is 4.42. The number of hydrogen-bond donors (Lipinski definition) is 1. The molecule has 3 atom stereocenters. The van der Waals surface area contributed by atoms with Crippen molar-refractivity contribution < 1.29 is 13.2 Å². The molecule has 1 unspecified atom stereocenters. The zero-order valence-corrected chi connectivity index (χ0v) is 21.4. The van der Waals surface area contributed by atoms with Gasteiger partial charge in [-0.3, -0.25) is 9.29 Å². The Balaban J connectivity index is 1.62. The first kappa shape index (κ1) is 25.8. The van der Waals surface area contributed by atoms with Crippen LogP contribution in [0.5, 0.6) is 0 Å². The number of hydrogen-bond acceptors (Lipinski definition) is 5. The Morgan fingerprint density at radius 3 is 2.58 bits per heavy atom. The van der Waals surface area contributed by atoms with Crippen molar-refractivity contribution in [2.45, 2.75) is 37.3 Å². The summed E-state index contributed by atoms with van der Waals surface area (Å²) in [6.45, 7) is 1.73. The average molecular weight is 535 g/mol. The summed E-state index contributed by atoms with van der Waals surface area (Å²) in [7, 11) is 0. The number of H-pyrrole nitrogens is 1. The Hall–Kier alpha value is -3.80. The van der Waals surface area contributed by atoms with Gasteiger partial charge in [0.15, 0.2) is 0 Å². The number of nitrogens with zero attached hydrogens (tertiary/aromatic N) is 3. The van der Waals surface area contributed by atoms with E-state index in [0.29, 0.717) is 30.0 Å². The lowest BCUT2D eigenvalue weighted by Gasteiger charge is -2.55. The molecule has 0 saturated carbocycles. The highest BCUT2D eigenvalue weighted by atomic mass is 35.5. The summed E-state index contributed by atoms with van der Waals surface area (Å²) in [6, 6.07) is 20.7. The molecule has 38 heavy (non-hydrogen) atoms. The Morgan fingerprint density at radius 2 is 1.97 bits per heavy atom. The number of rotatable bonds is 8. The van der Waals surface area contributed by atoms with Crippen LogP contribution in [0.15, 0.2) is 75.9 Å². The number of aromatic amines is 1. The van der Waals surface area contributed by atoms with Gasteiger partial charge in [-0.15, -0.1) is 5.10 Å². The average Bonchev–Trinajstić information content (AvgIpc) is 3.37. The Kier molecular flexibility index (Phi) is 7.15. The summed E-state index contributed by atoms with van der Waals surface area (Å²) in [4.78, 5) is 13.7. The van der Waals surface area contributed by atoms with Crippen molar-refractivity contribution in [3.8, 4) is 17.5 Å². The lowest BCUT2D eigenvalue weighted by molar-refractivity contribution is -0.0130. The van der Waals surface area contributed by atoms with Gasteiger partial charge in [0.25, 0.3) is 0 Å². The molecule has 5 rings (SSSR count). The zero-order chi connectivity index (χ0) is 26.9. The molecule has 9 heteroatoms. The van der Waals surface area contributed by atoms with Crippen LogP contribution in [0.3, 0.4) is 0 Å². The largest absolute Gasteiger partial charge is 0.434 e. The molecule has 1 saturated heterocycles. The first-order valence-corrected chi connectivity index (χ1v) is 12.7. The molecule has 194 valence electrons. The van der Waals surface area contributed by atoms with Crippen LogP contribution in [-0.4, -0.2) is 34.4 Å². The van der Waals surface area contributed by atoms with E-state index in [-0.39, 0.29) is 29.1 Å². The molecule has 1 N–H and O–H groups in total. The lowest BCUT2D eigenvalue weighted by Crippen LogP contribution is -2.61. The Morgan fingerprint density at radius 1 is 1.21 bits per heavy atom. The zero-order valence-electron chi connectivity index (χ0n) is 20.6. The fourth-order valence-corrected chi connectivity index (χ4v) is 5.72. The van der Waals surface area contributed by atoms with Gasteiger partial charge in [0.05, 0.1) is 11.6 Å². The topological polar surface area (TPSA) is 85.9 Å². The van der Waals surface area contributed by atoms with E-state index in [1.165, 1.54) is 6.07 Å². The van der Waals surface area contributed by atoms with Gasteiger partial charge in [0, 0.05) is 28.6 Å². The van der Waals surface area contributed by atoms with Crippen molar-refractivity contribution in [2.75, 3.05) is 13.2 Å². The van der Waals surface area contributed by atoms with Gasteiger partial charge in [0.2, 0.25) is 5.89 Å². The second kappa shape index (κ2) is 10.5. The van der Waals surface area contributed by atoms with Crippen LogP contribution in [0.4, 0.5) is 8.78 Å². The molecule has 2 heterocycles. The summed E-state index contributed by atoms with van der Waals surface area (Å²) >= 11 is 6.18. The maximum absolute atomic E-state index is 15.5. The summed E-state index contributed by atoms with van der Waals surface area (Å²) in [6.07, 6.45) is 1.01. The van der Waals surface area contributed by atoms with Crippen molar-refractivity contribution in [1.29, 1.82) is 5.26 Å². The molecule has 1 aliphatic heterocycles. The van der Waals surface area contributed by atoms with E-state index in [0.717, 1.165) is 11.1 Å². The second-order valence-corrected chi connectivity index (χ2v) is 9.90. The molecule has 0 amide bonds. The highest BCUT2D eigenvalue weighted by Crippen LogP contribution is 2.47. The number of likely N-dealkylation sites (tertiary alicyclic amines) is 1. The molecule has 0 bridgehead atoms. The van der Waals surface area contributed by atoms with Gasteiger partial charge >= 0.3 is 5.76 Å². The summed E-state index contributed by atoms with van der Waals surface area (Å²) in [5.41, 5.74) is 1.38. The van der Waals surface area contributed by atoms with Crippen LogP contribution in [0, 0.1) is 17.1 Å². The molecule has 1 aliphatic rings. The fourth-order valence-electron chi connectivity index (χ4n) is 5.59. The van der Waals surface area contributed by atoms with Crippen molar-refractivity contribution in [1.82, 2.24) is 15.1 Å². The quantitative estimate of drug-likeness (QED) is 0.292. The third-order valence-corrected chi connectivity index (χ3v) is 7.88. The first-order valence-electron chi connectivity index (χ1n) is 12.3. The van der Waals surface area contributed by atoms with Gasteiger partial charge in [-0.05, 0) is 59.9 Å². The molecule has 3 aromatic carbocycles. The number of benzene rings is 3. The summed E-state index contributed by atoms with van der Waals surface area (Å²) < 4.78 is 35.7. The molecule has 0 radical (unpaired) electrons. The molecule has 0 spiro atoms. The van der Waals surface area contributed by atoms with Gasteiger partial charge in [0.1, 0.15) is 18.6 Å². The second-order valence-electron chi connectivity index (χ2n) is 9.46. The molecule has 6 nitrogen and oxygen atoms in total. The van der Waals surface area contributed by atoms with E-state index < -0.39 is 23.7 Å². The lowest BCUT2D eigenvalue weighted by atomic mass is 9.67. The molecule has 0 aliphatic carbocycles. The monoisotopic (exact) mass is 534 g/mol.